The van der Waals surface area contributed by atoms with Crippen molar-refractivity contribution in [3.8, 4) is 11.5 Å². The molecule has 0 aliphatic rings. The van der Waals surface area contributed by atoms with Crippen molar-refractivity contribution in [2.75, 3.05) is 19.0 Å². The summed E-state index contributed by atoms with van der Waals surface area (Å²) in [5, 5.41) is 7.43. The van der Waals surface area contributed by atoms with E-state index in [1.807, 2.05) is 12.1 Å². The maximum atomic E-state index is 13.8. The second kappa shape index (κ2) is 13.2. The number of amides is 1. The van der Waals surface area contributed by atoms with Gasteiger partial charge in [-0.05, 0) is 77.0 Å². The van der Waals surface area contributed by atoms with E-state index < -0.39 is 11.7 Å². The van der Waals surface area contributed by atoms with Crippen LogP contribution in [0.1, 0.15) is 31.2 Å². The van der Waals surface area contributed by atoms with Crippen LogP contribution in [0.3, 0.4) is 0 Å². The molecule has 39 heavy (non-hydrogen) atoms. The van der Waals surface area contributed by atoms with E-state index in [0.717, 1.165) is 17.3 Å². The molecular formula is C28H25BrFIN4O4. The van der Waals surface area contributed by atoms with E-state index in [1.165, 1.54) is 30.0 Å². The predicted molar refractivity (Wildman–Crippen MR) is 162 cm³/mol. The van der Waals surface area contributed by atoms with Crippen LogP contribution in [0.25, 0.3) is 10.9 Å². The van der Waals surface area contributed by atoms with Gasteiger partial charge in [0.1, 0.15) is 11.6 Å². The van der Waals surface area contributed by atoms with Crippen LogP contribution >= 0.6 is 38.5 Å². The number of rotatable bonds is 10. The number of nitrogens with one attached hydrogen (secondary N) is 1. The summed E-state index contributed by atoms with van der Waals surface area (Å²) in [5.41, 5.74) is 1.09. The number of benzene rings is 3. The van der Waals surface area contributed by atoms with Gasteiger partial charge in [0.15, 0.2) is 18.1 Å². The summed E-state index contributed by atoms with van der Waals surface area (Å²) >= 11 is 5.48. The molecule has 0 radical (unpaired) electrons. The molecule has 0 fully saturated rings. The number of halogens is 3. The van der Waals surface area contributed by atoms with Crippen molar-refractivity contribution < 1.29 is 18.7 Å². The number of ether oxygens (including phenoxy) is 2. The molecule has 0 spiro atoms. The smallest absolute Gasteiger partial charge is 0.282 e. The zero-order valence-corrected chi connectivity index (χ0v) is 25.0. The molecule has 0 saturated carbocycles. The second-order valence-corrected chi connectivity index (χ2v) is 10.6. The normalized spacial score (nSPS) is 11.2. The van der Waals surface area contributed by atoms with Gasteiger partial charge in [-0.15, -0.1) is 0 Å². The zero-order chi connectivity index (χ0) is 27.9. The van der Waals surface area contributed by atoms with E-state index in [-0.39, 0.29) is 17.9 Å². The number of hydrogen-bond donors (Lipinski definition) is 1. The third-order valence-corrected chi connectivity index (χ3v) is 6.99. The Balaban J connectivity index is 1.59. The highest BCUT2D eigenvalue weighted by Gasteiger charge is 2.15. The minimum Gasteiger partial charge on any atom is -0.493 e. The zero-order valence-electron chi connectivity index (χ0n) is 21.2. The molecule has 11 heteroatoms. The number of anilines is 1. The van der Waals surface area contributed by atoms with Gasteiger partial charge in [-0.3, -0.25) is 9.59 Å². The fourth-order valence-electron chi connectivity index (χ4n) is 3.78. The van der Waals surface area contributed by atoms with Crippen LogP contribution in [0.5, 0.6) is 11.5 Å². The van der Waals surface area contributed by atoms with E-state index in [0.29, 0.717) is 43.8 Å². The quantitative estimate of drug-likeness (QED) is 0.158. The first-order valence-electron chi connectivity index (χ1n) is 12.1. The summed E-state index contributed by atoms with van der Waals surface area (Å²) in [6, 6.07) is 14.8. The van der Waals surface area contributed by atoms with Crippen molar-refractivity contribution >= 4 is 67.2 Å². The number of nitrogens with zero attached hydrogens (tertiary/aromatic N) is 3. The summed E-state index contributed by atoms with van der Waals surface area (Å²) in [7, 11) is 1.48. The number of unbranched alkanes of at least 4 members (excludes halogenated alkanes) is 1. The maximum Gasteiger partial charge on any atom is 0.282 e. The first kappa shape index (κ1) is 28.7. The molecular weight excluding hydrogens is 682 g/mol. The van der Waals surface area contributed by atoms with Crippen molar-refractivity contribution in [1.29, 1.82) is 0 Å². The molecule has 1 amide bonds. The van der Waals surface area contributed by atoms with Crippen LogP contribution < -0.4 is 20.3 Å². The summed E-state index contributed by atoms with van der Waals surface area (Å²) in [6.45, 7) is 1.73. The minimum atomic E-state index is -0.534. The number of carbonyl (C=O) groups excluding carboxylic acids is 1. The van der Waals surface area contributed by atoms with Gasteiger partial charge >= 0.3 is 0 Å². The van der Waals surface area contributed by atoms with Crippen LogP contribution in [-0.4, -0.2) is 35.5 Å². The average molecular weight is 707 g/mol. The molecule has 8 nitrogen and oxygen atoms in total. The van der Waals surface area contributed by atoms with Crippen molar-refractivity contribution in [3.63, 3.8) is 0 Å². The fraction of sp³-hybridized carbons (Fsp3) is 0.214. The van der Waals surface area contributed by atoms with Crippen molar-refractivity contribution in [2.45, 2.75) is 26.2 Å². The molecule has 0 saturated heterocycles. The van der Waals surface area contributed by atoms with Gasteiger partial charge in [0.2, 0.25) is 0 Å². The number of aromatic nitrogens is 2. The number of methoxy groups -OCH3 is 1. The molecule has 3 aromatic carbocycles. The van der Waals surface area contributed by atoms with Crippen LogP contribution in [-0.2, 0) is 11.2 Å². The molecule has 0 aliphatic carbocycles. The SMILES string of the molecule is CCCCc1nc2ccc(Br)cc2c(=O)n1N=Cc1cc(I)c(OCC(=O)Nc2ccccc2F)c(OC)c1. The number of hydrogen-bond acceptors (Lipinski definition) is 6. The Morgan fingerprint density at radius 3 is 2.77 bits per heavy atom. The highest BCUT2D eigenvalue weighted by Crippen LogP contribution is 2.33. The maximum absolute atomic E-state index is 13.8. The molecule has 0 aliphatic heterocycles. The lowest BCUT2D eigenvalue weighted by Gasteiger charge is -2.14. The number of para-hydroxylation sites is 1. The van der Waals surface area contributed by atoms with E-state index in [1.54, 1.807) is 30.5 Å². The van der Waals surface area contributed by atoms with E-state index >= 15 is 0 Å². The molecule has 4 aromatic rings. The van der Waals surface area contributed by atoms with Crippen molar-refractivity contribution in [2.24, 2.45) is 5.10 Å². The van der Waals surface area contributed by atoms with Gasteiger partial charge in [-0.1, -0.05) is 41.4 Å². The highest BCUT2D eigenvalue weighted by molar-refractivity contribution is 14.1. The Bertz CT molecular complexity index is 1610. The first-order chi connectivity index (χ1) is 18.8. The summed E-state index contributed by atoms with van der Waals surface area (Å²) in [5.74, 6) is 0.263. The summed E-state index contributed by atoms with van der Waals surface area (Å²) in [6.07, 6.45) is 3.98. The Morgan fingerprint density at radius 1 is 1.23 bits per heavy atom. The molecule has 4 rings (SSSR count). The Morgan fingerprint density at radius 2 is 2.03 bits per heavy atom. The molecule has 0 atom stereocenters. The molecule has 0 unspecified atom stereocenters. The third-order valence-electron chi connectivity index (χ3n) is 5.70. The average Bonchev–Trinajstić information content (AvgIpc) is 2.92. The molecule has 1 heterocycles. The van der Waals surface area contributed by atoms with E-state index in [9.17, 15) is 14.0 Å². The first-order valence-corrected chi connectivity index (χ1v) is 14.0. The largest absolute Gasteiger partial charge is 0.493 e. The fourth-order valence-corrected chi connectivity index (χ4v) is 4.92. The minimum absolute atomic E-state index is 0.0726. The molecule has 0 bridgehead atoms. The third kappa shape index (κ3) is 7.01. The number of carbonyl (C=O) groups is 1. The van der Waals surface area contributed by atoms with Crippen LogP contribution in [0.2, 0.25) is 0 Å². The van der Waals surface area contributed by atoms with E-state index in [4.69, 9.17) is 9.47 Å². The van der Waals surface area contributed by atoms with Gasteiger partial charge in [0.25, 0.3) is 11.5 Å². The monoisotopic (exact) mass is 706 g/mol. The molecule has 202 valence electrons. The van der Waals surface area contributed by atoms with Gasteiger partial charge in [-0.2, -0.15) is 9.78 Å². The lowest BCUT2D eigenvalue weighted by Crippen LogP contribution is -2.22. The van der Waals surface area contributed by atoms with Crippen molar-refractivity contribution in [1.82, 2.24) is 9.66 Å². The van der Waals surface area contributed by atoms with Gasteiger partial charge < -0.3 is 14.8 Å². The lowest BCUT2D eigenvalue weighted by molar-refractivity contribution is -0.118. The van der Waals surface area contributed by atoms with E-state index in [2.05, 4.69) is 60.8 Å². The van der Waals surface area contributed by atoms with Crippen LogP contribution in [0.4, 0.5) is 10.1 Å². The van der Waals surface area contributed by atoms with Crippen LogP contribution in [0, 0.1) is 9.39 Å². The Hall–Kier alpha value is -3.32. The Kier molecular flexibility index (Phi) is 9.68. The summed E-state index contributed by atoms with van der Waals surface area (Å²) in [4.78, 5) is 30.3. The molecule has 1 aromatic heterocycles. The number of aryl methyl sites for hydroxylation is 1. The lowest BCUT2D eigenvalue weighted by atomic mass is 10.2. The van der Waals surface area contributed by atoms with Crippen molar-refractivity contribution in [3.05, 3.63) is 90.2 Å². The number of fused-ring (bicyclic) bond motifs is 1. The van der Waals surface area contributed by atoms with Gasteiger partial charge in [-0.25, -0.2) is 9.37 Å². The van der Waals surface area contributed by atoms with Crippen LogP contribution in [0.15, 0.2) is 69.0 Å². The van der Waals surface area contributed by atoms with Gasteiger partial charge in [0, 0.05) is 10.9 Å². The van der Waals surface area contributed by atoms with Gasteiger partial charge in [0.05, 0.1) is 33.5 Å². The topological polar surface area (TPSA) is 94.8 Å². The molecule has 1 N–H and O–H groups in total. The predicted octanol–water partition coefficient (Wildman–Crippen LogP) is 6.15. The second-order valence-electron chi connectivity index (χ2n) is 8.51. The standard InChI is InChI=1S/C28H25BrFIN4O4/c1-3-4-9-25-33-22-11-10-18(29)14-19(22)28(37)35(25)32-15-17-12-21(31)27(24(13-17)38-2)39-16-26(36)34-23-8-6-5-7-20(23)30/h5-8,10-15H,3-4,9,16H2,1-2H3,(H,34,36). The highest BCUT2D eigenvalue weighted by atomic mass is 127. The Labute approximate surface area is 246 Å². The summed E-state index contributed by atoms with van der Waals surface area (Å²) < 4.78 is 27.8.